The third-order valence-electron chi connectivity index (χ3n) is 3.14. The molecule has 0 saturated heterocycles. The summed E-state index contributed by atoms with van der Waals surface area (Å²) in [5.41, 5.74) is -0.0982. The number of aliphatic hydroxyl groups is 2. The number of benzene rings is 1. The van der Waals surface area contributed by atoms with Gasteiger partial charge in [-0.15, -0.1) is 6.58 Å². The smallest absolute Gasteiger partial charge is 0.231 e. The van der Waals surface area contributed by atoms with E-state index in [9.17, 15) is 10.2 Å². The average Bonchev–Trinajstić information content (AvgIpc) is 2.84. The molecule has 1 aromatic carbocycles. The van der Waals surface area contributed by atoms with Crippen LogP contribution in [0.4, 0.5) is 0 Å². The van der Waals surface area contributed by atoms with Crippen LogP contribution in [0.5, 0.6) is 11.5 Å². The second kappa shape index (κ2) is 4.39. The Morgan fingerprint density at radius 1 is 1.47 bits per heavy atom. The second-order valence-corrected chi connectivity index (χ2v) is 4.38. The van der Waals surface area contributed by atoms with Gasteiger partial charge in [0.2, 0.25) is 6.79 Å². The topological polar surface area (TPSA) is 58.9 Å². The van der Waals surface area contributed by atoms with Crippen LogP contribution in [0.2, 0.25) is 0 Å². The van der Waals surface area contributed by atoms with Gasteiger partial charge in [0, 0.05) is 5.41 Å². The van der Waals surface area contributed by atoms with Gasteiger partial charge >= 0.3 is 0 Å². The van der Waals surface area contributed by atoms with E-state index >= 15 is 0 Å². The van der Waals surface area contributed by atoms with Crippen LogP contribution in [-0.2, 0) is 0 Å². The van der Waals surface area contributed by atoms with Crippen molar-refractivity contribution in [2.75, 3.05) is 13.4 Å². The van der Waals surface area contributed by atoms with Crippen LogP contribution < -0.4 is 9.47 Å². The van der Waals surface area contributed by atoms with Crippen LogP contribution in [0.1, 0.15) is 18.6 Å². The maximum Gasteiger partial charge on any atom is 0.231 e. The zero-order valence-electron chi connectivity index (χ0n) is 9.72. The summed E-state index contributed by atoms with van der Waals surface area (Å²) in [7, 11) is 0. The molecule has 1 aliphatic rings. The Morgan fingerprint density at radius 3 is 2.82 bits per heavy atom. The number of fused-ring (bicyclic) bond motifs is 1. The Labute approximate surface area is 100 Å². The lowest BCUT2D eigenvalue weighted by Gasteiger charge is -2.29. The van der Waals surface area contributed by atoms with Crippen LogP contribution >= 0.6 is 0 Å². The van der Waals surface area contributed by atoms with Crippen molar-refractivity contribution < 1.29 is 19.7 Å². The van der Waals surface area contributed by atoms with Crippen LogP contribution in [-0.4, -0.2) is 23.6 Å². The molecular weight excluding hydrogens is 220 g/mol. The van der Waals surface area contributed by atoms with Gasteiger partial charge in [-0.2, -0.15) is 0 Å². The lowest BCUT2D eigenvalue weighted by Crippen LogP contribution is -2.27. The minimum atomic E-state index is -0.834. The summed E-state index contributed by atoms with van der Waals surface area (Å²) in [5, 5.41) is 19.6. The highest BCUT2D eigenvalue weighted by atomic mass is 16.7. The normalized spacial score (nSPS) is 18.5. The van der Waals surface area contributed by atoms with Gasteiger partial charge in [0.15, 0.2) is 11.5 Å². The van der Waals surface area contributed by atoms with Crippen molar-refractivity contribution in [1.29, 1.82) is 0 Å². The monoisotopic (exact) mass is 236 g/mol. The number of aliphatic hydroxyl groups excluding tert-OH is 2. The maximum atomic E-state index is 10.2. The Balaban J connectivity index is 2.31. The third kappa shape index (κ3) is 2.01. The fourth-order valence-corrected chi connectivity index (χ4v) is 1.73. The van der Waals surface area contributed by atoms with Crippen molar-refractivity contribution in [3.63, 3.8) is 0 Å². The Hall–Kier alpha value is -1.52. The first-order chi connectivity index (χ1) is 8.10. The first kappa shape index (κ1) is 12.0. The number of rotatable bonds is 4. The first-order valence-corrected chi connectivity index (χ1v) is 5.43. The molecule has 0 saturated carbocycles. The molecule has 17 heavy (non-hydrogen) atoms. The largest absolute Gasteiger partial charge is 0.454 e. The summed E-state index contributed by atoms with van der Waals surface area (Å²) in [6.45, 7) is 5.42. The van der Waals surface area contributed by atoms with Crippen LogP contribution in [0.25, 0.3) is 0 Å². The van der Waals surface area contributed by atoms with Crippen molar-refractivity contribution in [3.8, 4) is 11.5 Å². The Morgan fingerprint density at radius 2 is 2.18 bits per heavy atom. The molecule has 2 unspecified atom stereocenters. The predicted octanol–water partition coefficient (Wildman–Crippen LogP) is 1.63. The molecule has 4 heteroatoms. The molecule has 92 valence electrons. The van der Waals surface area contributed by atoms with E-state index in [4.69, 9.17) is 9.47 Å². The van der Waals surface area contributed by atoms with E-state index in [2.05, 4.69) is 6.58 Å². The van der Waals surface area contributed by atoms with Crippen LogP contribution in [0.15, 0.2) is 30.9 Å². The highest BCUT2D eigenvalue weighted by Gasteiger charge is 2.31. The van der Waals surface area contributed by atoms with Crippen molar-refractivity contribution in [1.82, 2.24) is 0 Å². The Kier molecular flexibility index (Phi) is 3.09. The highest BCUT2D eigenvalue weighted by molar-refractivity contribution is 5.45. The zero-order valence-corrected chi connectivity index (χ0v) is 9.72. The number of hydrogen-bond donors (Lipinski definition) is 2. The predicted molar refractivity (Wildman–Crippen MR) is 62.9 cm³/mol. The van der Waals surface area contributed by atoms with E-state index in [0.29, 0.717) is 17.1 Å². The highest BCUT2D eigenvalue weighted by Crippen LogP contribution is 2.39. The summed E-state index contributed by atoms with van der Waals surface area (Å²) in [6.07, 6.45) is 0.724. The number of ether oxygens (including phenoxy) is 2. The molecule has 1 aliphatic heterocycles. The average molecular weight is 236 g/mol. The molecule has 0 radical (unpaired) electrons. The molecule has 2 rings (SSSR count). The maximum absolute atomic E-state index is 10.2. The van der Waals surface area contributed by atoms with Gasteiger partial charge in [-0.25, -0.2) is 0 Å². The van der Waals surface area contributed by atoms with Gasteiger partial charge in [-0.3, -0.25) is 0 Å². The molecule has 1 heterocycles. The van der Waals surface area contributed by atoms with Gasteiger partial charge in [0.1, 0.15) is 0 Å². The fourth-order valence-electron chi connectivity index (χ4n) is 1.73. The zero-order chi connectivity index (χ0) is 12.5. The molecule has 0 amide bonds. The van der Waals surface area contributed by atoms with Crippen LogP contribution in [0.3, 0.4) is 0 Å². The summed E-state index contributed by atoms with van der Waals surface area (Å²) in [4.78, 5) is 0. The van der Waals surface area contributed by atoms with E-state index in [1.807, 2.05) is 0 Å². The minimum Gasteiger partial charge on any atom is -0.454 e. The van der Waals surface area contributed by atoms with E-state index in [1.165, 1.54) is 0 Å². The Bertz CT molecular complexity index is 429. The lowest BCUT2D eigenvalue weighted by molar-refractivity contribution is 0.0268. The molecule has 0 aliphatic carbocycles. The molecule has 0 spiro atoms. The molecular formula is C13H16O4. The molecule has 4 nitrogen and oxygen atoms in total. The molecule has 0 fully saturated rings. The van der Waals surface area contributed by atoms with Crippen molar-refractivity contribution in [2.45, 2.75) is 13.0 Å². The standard InChI is InChI=1S/C13H16O4/c1-3-13(2,7-14)12(15)9-4-5-10-11(6-9)17-8-16-10/h3-6,12,14-15H,1,7-8H2,2H3. The summed E-state index contributed by atoms with van der Waals surface area (Å²) in [6, 6.07) is 5.24. The quantitative estimate of drug-likeness (QED) is 0.780. The van der Waals surface area contributed by atoms with Gasteiger partial charge in [0.25, 0.3) is 0 Å². The van der Waals surface area contributed by atoms with Gasteiger partial charge in [0.05, 0.1) is 12.7 Å². The lowest BCUT2D eigenvalue weighted by atomic mass is 9.81. The third-order valence-corrected chi connectivity index (χ3v) is 3.14. The van der Waals surface area contributed by atoms with Crippen molar-refractivity contribution in [2.24, 2.45) is 5.41 Å². The van der Waals surface area contributed by atoms with E-state index < -0.39 is 11.5 Å². The van der Waals surface area contributed by atoms with Crippen molar-refractivity contribution in [3.05, 3.63) is 36.4 Å². The van der Waals surface area contributed by atoms with E-state index in [0.717, 1.165) is 0 Å². The van der Waals surface area contributed by atoms with E-state index in [1.54, 1.807) is 31.2 Å². The summed E-state index contributed by atoms with van der Waals surface area (Å²) in [5.74, 6) is 1.29. The first-order valence-electron chi connectivity index (χ1n) is 5.43. The molecule has 2 N–H and O–H groups in total. The van der Waals surface area contributed by atoms with Crippen molar-refractivity contribution >= 4 is 0 Å². The summed E-state index contributed by atoms with van der Waals surface area (Å²) < 4.78 is 10.4. The minimum absolute atomic E-state index is 0.174. The number of hydrogen-bond acceptors (Lipinski definition) is 4. The molecule has 2 atom stereocenters. The second-order valence-electron chi connectivity index (χ2n) is 4.38. The molecule has 0 aromatic heterocycles. The molecule has 1 aromatic rings. The van der Waals surface area contributed by atoms with Gasteiger partial charge in [-0.1, -0.05) is 19.1 Å². The van der Waals surface area contributed by atoms with Gasteiger partial charge in [-0.05, 0) is 17.7 Å². The SMILES string of the molecule is C=CC(C)(CO)C(O)c1ccc2c(c1)OCO2. The van der Waals surface area contributed by atoms with E-state index in [-0.39, 0.29) is 13.4 Å². The fraction of sp³-hybridized carbons (Fsp3) is 0.385. The molecule has 0 bridgehead atoms. The van der Waals surface area contributed by atoms with Gasteiger partial charge < -0.3 is 19.7 Å². The summed E-state index contributed by atoms with van der Waals surface area (Å²) >= 11 is 0. The van der Waals surface area contributed by atoms with Crippen LogP contribution in [0, 0.1) is 5.41 Å².